The summed E-state index contributed by atoms with van der Waals surface area (Å²) in [6.45, 7) is 3.86. The highest BCUT2D eigenvalue weighted by molar-refractivity contribution is 5.91. The highest BCUT2D eigenvalue weighted by Crippen LogP contribution is 2.44. The van der Waals surface area contributed by atoms with E-state index in [0.29, 0.717) is 34.1 Å². The molecule has 0 saturated carbocycles. The molecule has 0 aliphatic carbocycles. The number of carbonyl (C=O) groups excluding carboxylic acids is 1. The molecule has 4 aromatic rings. The number of rotatable bonds is 7. The molecule has 0 spiro atoms. The van der Waals surface area contributed by atoms with Gasteiger partial charge in [-0.25, -0.2) is 4.79 Å². The lowest BCUT2D eigenvalue weighted by molar-refractivity contribution is 0.0734. The molecule has 1 atom stereocenters. The van der Waals surface area contributed by atoms with E-state index in [4.69, 9.17) is 24.7 Å². The fraction of sp³-hybridized carbons (Fsp3) is 0.125. The maximum absolute atomic E-state index is 12.8. The summed E-state index contributed by atoms with van der Waals surface area (Å²) >= 11 is 0. The zero-order chi connectivity index (χ0) is 27.4. The SMILES string of the molecule is CC(C)Oc1ccc(C(=O)Oc2ccc3c(c2)OC(N)=C(C#N)C3c2cccc(Oc3ccccc3)c2)cc1. The second-order valence-electron chi connectivity index (χ2n) is 9.19. The molecule has 194 valence electrons. The number of nitriles is 1. The predicted octanol–water partition coefficient (Wildman–Crippen LogP) is 6.70. The molecule has 1 heterocycles. The van der Waals surface area contributed by atoms with Crippen molar-refractivity contribution in [2.45, 2.75) is 25.9 Å². The molecule has 39 heavy (non-hydrogen) atoms. The van der Waals surface area contributed by atoms with Crippen molar-refractivity contribution in [3.8, 4) is 34.8 Å². The second kappa shape index (κ2) is 11.0. The van der Waals surface area contributed by atoms with Crippen LogP contribution in [0.4, 0.5) is 0 Å². The standard InChI is InChI=1S/C32H26N2O5/c1-20(2)36-24-13-11-21(12-14-24)32(35)38-26-15-16-27-29(18-26)39-31(34)28(19-33)30(27)22-7-6-10-25(17-22)37-23-8-4-3-5-9-23/h3-18,20,30H,34H2,1-2H3. The van der Waals surface area contributed by atoms with Crippen LogP contribution in [-0.2, 0) is 0 Å². The van der Waals surface area contributed by atoms with Crippen molar-refractivity contribution >= 4 is 5.97 Å². The van der Waals surface area contributed by atoms with Crippen LogP contribution in [0.5, 0.6) is 28.7 Å². The van der Waals surface area contributed by atoms with E-state index < -0.39 is 11.9 Å². The predicted molar refractivity (Wildman–Crippen MR) is 146 cm³/mol. The van der Waals surface area contributed by atoms with E-state index in [9.17, 15) is 10.1 Å². The Hall–Kier alpha value is -5.22. The summed E-state index contributed by atoms with van der Waals surface area (Å²) in [4.78, 5) is 12.8. The summed E-state index contributed by atoms with van der Waals surface area (Å²) in [6, 6.07) is 30.9. The lowest BCUT2D eigenvalue weighted by atomic mass is 9.83. The van der Waals surface area contributed by atoms with Gasteiger partial charge < -0.3 is 24.7 Å². The number of nitrogens with two attached hydrogens (primary N) is 1. The molecule has 4 aromatic carbocycles. The Morgan fingerprint density at radius 2 is 1.59 bits per heavy atom. The van der Waals surface area contributed by atoms with Crippen LogP contribution in [0.1, 0.15) is 41.3 Å². The van der Waals surface area contributed by atoms with Gasteiger partial charge in [0.1, 0.15) is 40.4 Å². The largest absolute Gasteiger partial charge is 0.491 e. The first-order valence-corrected chi connectivity index (χ1v) is 12.4. The van der Waals surface area contributed by atoms with Gasteiger partial charge in [-0.3, -0.25) is 0 Å². The van der Waals surface area contributed by atoms with Gasteiger partial charge in [0.05, 0.1) is 17.6 Å². The Balaban J connectivity index is 1.41. The first-order valence-electron chi connectivity index (χ1n) is 12.4. The fourth-order valence-electron chi connectivity index (χ4n) is 4.33. The van der Waals surface area contributed by atoms with E-state index in [0.717, 1.165) is 5.56 Å². The molecule has 1 aliphatic rings. The van der Waals surface area contributed by atoms with E-state index in [1.807, 2.05) is 68.4 Å². The Morgan fingerprint density at radius 1 is 0.872 bits per heavy atom. The Morgan fingerprint density at radius 3 is 2.31 bits per heavy atom. The van der Waals surface area contributed by atoms with Crippen LogP contribution in [0.25, 0.3) is 0 Å². The van der Waals surface area contributed by atoms with Crippen molar-refractivity contribution in [1.29, 1.82) is 5.26 Å². The normalized spacial score (nSPS) is 14.2. The van der Waals surface area contributed by atoms with E-state index in [-0.39, 0.29) is 23.3 Å². The van der Waals surface area contributed by atoms with Gasteiger partial charge in [-0.15, -0.1) is 0 Å². The van der Waals surface area contributed by atoms with Crippen molar-refractivity contribution in [3.63, 3.8) is 0 Å². The highest BCUT2D eigenvalue weighted by Gasteiger charge is 2.31. The summed E-state index contributed by atoms with van der Waals surface area (Å²) < 4.78 is 23.0. The van der Waals surface area contributed by atoms with E-state index in [1.165, 1.54) is 0 Å². The molecule has 1 unspecified atom stereocenters. The Labute approximate surface area is 226 Å². The van der Waals surface area contributed by atoms with Gasteiger partial charge in [-0.1, -0.05) is 36.4 Å². The lowest BCUT2D eigenvalue weighted by Gasteiger charge is -2.27. The van der Waals surface area contributed by atoms with Crippen molar-refractivity contribution in [2.24, 2.45) is 5.73 Å². The van der Waals surface area contributed by atoms with Gasteiger partial charge in [-0.05, 0) is 74.0 Å². The minimum Gasteiger partial charge on any atom is -0.491 e. The number of benzene rings is 4. The molecule has 5 rings (SSSR count). The zero-order valence-electron chi connectivity index (χ0n) is 21.5. The number of allylic oxidation sites excluding steroid dienone is 1. The van der Waals surface area contributed by atoms with Crippen LogP contribution in [0, 0.1) is 11.3 Å². The topological polar surface area (TPSA) is 104 Å². The highest BCUT2D eigenvalue weighted by atomic mass is 16.5. The Kier molecular flexibility index (Phi) is 7.19. The number of hydrogen-bond donors (Lipinski definition) is 1. The van der Waals surface area contributed by atoms with E-state index in [2.05, 4.69) is 6.07 Å². The average Bonchev–Trinajstić information content (AvgIpc) is 2.93. The van der Waals surface area contributed by atoms with Crippen molar-refractivity contribution in [1.82, 2.24) is 0 Å². The quantitative estimate of drug-likeness (QED) is 0.214. The molecule has 0 radical (unpaired) electrons. The lowest BCUT2D eigenvalue weighted by Crippen LogP contribution is -2.21. The van der Waals surface area contributed by atoms with Crippen LogP contribution in [0.15, 0.2) is 109 Å². The number of carbonyl (C=O) groups is 1. The molecule has 0 fully saturated rings. The van der Waals surface area contributed by atoms with Crippen molar-refractivity contribution < 1.29 is 23.7 Å². The van der Waals surface area contributed by atoms with Crippen LogP contribution >= 0.6 is 0 Å². The molecule has 2 N–H and O–H groups in total. The van der Waals surface area contributed by atoms with Crippen LogP contribution in [0.3, 0.4) is 0 Å². The molecule has 7 heteroatoms. The van der Waals surface area contributed by atoms with Gasteiger partial charge >= 0.3 is 5.97 Å². The maximum atomic E-state index is 12.8. The number of hydrogen-bond acceptors (Lipinski definition) is 7. The molecule has 0 aromatic heterocycles. The minimum absolute atomic E-state index is 0.00593. The first-order chi connectivity index (χ1) is 18.9. The molecule has 1 aliphatic heterocycles. The smallest absolute Gasteiger partial charge is 0.343 e. The van der Waals surface area contributed by atoms with Gasteiger partial charge in [0.25, 0.3) is 0 Å². The van der Waals surface area contributed by atoms with Gasteiger partial charge in [0, 0.05) is 11.6 Å². The monoisotopic (exact) mass is 518 g/mol. The van der Waals surface area contributed by atoms with E-state index in [1.54, 1.807) is 42.5 Å². The molecule has 0 saturated heterocycles. The van der Waals surface area contributed by atoms with Crippen molar-refractivity contribution in [2.75, 3.05) is 0 Å². The summed E-state index contributed by atoms with van der Waals surface area (Å²) in [6.07, 6.45) is 0.0315. The van der Waals surface area contributed by atoms with Crippen molar-refractivity contribution in [3.05, 3.63) is 125 Å². The molecule has 0 bridgehead atoms. The molecular weight excluding hydrogens is 492 g/mol. The van der Waals surface area contributed by atoms with Gasteiger partial charge in [0.15, 0.2) is 0 Å². The van der Waals surface area contributed by atoms with Gasteiger partial charge in [-0.2, -0.15) is 5.26 Å². The first kappa shape index (κ1) is 25.4. The second-order valence-corrected chi connectivity index (χ2v) is 9.19. The number of esters is 1. The fourth-order valence-corrected chi connectivity index (χ4v) is 4.33. The molecule has 7 nitrogen and oxygen atoms in total. The zero-order valence-corrected chi connectivity index (χ0v) is 21.5. The molecular formula is C32H26N2O5. The number of ether oxygens (including phenoxy) is 4. The maximum Gasteiger partial charge on any atom is 0.343 e. The third-order valence-electron chi connectivity index (χ3n) is 6.03. The molecule has 0 amide bonds. The number of nitrogens with zero attached hydrogens (tertiary/aromatic N) is 1. The summed E-state index contributed by atoms with van der Waals surface area (Å²) in [7, 11) is 0. The average molecular weight is 519 g/mol. The Bertz CT molecular complexity index is 1570. The number of para-hydroxylation sites is 1. The number of fused-ring (bicyclic) bond motifs is 1. The minimum atomic E-state index is -0.523. The van der Waals surface area contributed by atoms with Crippen LogP contribution < -0.4 is 24.7 Å². The van der Waals surface area contributed by atoms with E-state index >= 15 is 0 Å². The third-order valence-corrected chi connectivity index (χ3v) is 6.03. The summed E-state index contributed by atoms with van der Waals surface area (Å²) in [5, 5.41) is 9.91. The van der Waals surface area contributed by atoms with Crippen LogP contribution in [-0.4, -0.2) is 12.1 Å². The van der Waals surface area contributed by atoms with Gasteiger partial charge in [0.2, 0.25) is 5.88 Å². The summed E-state index contributed by atoms with van der Waals surface area (Å²) in [5.41, 5.74) is 8.35. The van der Waals surface area contributed by atoms with Crippen LogP contribution in [0.2, 0.25) is 0 Å². The summed E-state index contributed by atoms with van der Waals surface area (Å²) in [5.74, 6) is 1.66. The third kappa shape index (κ3) is 5.71.